The van der Waals surface area contributed by atoms with E-state index in [4.69, 9.17) is 0 Å². The number of rotatable bonds is 4. The van der Waals surface area contributed by atoms with Gasteiger partial charge in [-0.3, -0.25) is 9.59 Å². The second kappa shape index (κ2) is 7.97. The van der Waals surface area contributed by atoms with Gasteiger partial charge >= 0.3 is 0 Å². The molecule has 0 unspecified atom stereocenters. The fourth-order valence-electron chi connectivity index (χ4n) is 4.24. The smallest absolute Gasteiger partial charge is 0.196 e. The van der Waals surface area contributed by atoms with E-state index in [-0.39, 0.29) is 11.6 Å². The Kier molecular flexibility index (Phi) is 4.98. The SMILES string of the molecule is CC1=CC=C(Nc2ccc(Nc3ccc(C)cc3)c3c2C(=O)c2ccccc2C3=O)CC1. The minimum Gasteiger partial charge on any atom is -0.358 e. The first-order chi connectivity index (χ1) is 15.5. The van der Waals surface area contributed by atoms with E-state index in [1.807, 2.05) is 49.4 Å². The lowest BCUT2D eigenvalue weighted by molar-refractivity contribution is 0.0980. The molecule has 3 aromatic carbocycles. The lowest BCUT2D eigenvalue weighted by atomic mass is 9.82. The highest BCUT2D eigenvalue weighted by Gasteiger charge is 2.34. The number of anilines is 3. The molecule has 0 aromatic heterocycles. The van der Waals surface area contributed by atoms with Crippen LogP contribution >= 0.6 is 0 Å². The van der Waals surface area contributed by atoms with Crippen molar-refractivity contribution in [2.75, 3.05) is 10.6 Å². The molecule has 0 saturated carbocycles. The van der Waals surface area contributed by atoms with Gasteiger partial charge in [0, 0.05) is 22.5 Å². The molecule has 0 radical (unpaired) electrons. The zero-order valence-corrected chi connectivity index (χ0v) is 18.2. The Bertz CT molecular complexity index is 1310. The average molecular weight is 421 g/mol. The van der Waals surface area contributed by atoms with Crippen molar-refractivity contribution in [2.24, 2.45) is 0 Å². The van der Waals surface area contributed by atoms with Crippen molar-refractivity contribution in [3.8, 4) is 0 Å². The topological polar surface area (TPSA) is 58.2 Å². The molecule has 2 aliphatic carbocycles. The van der Waals surface area contributed by atoms with Crippen molar-refractivity contribution < 1.29 is 9.59 Å². The maximum absolute atomic E-state index is 13.6. The normalized spacial score (nSPS) is 14.8. The van der Waals surface area contributed by atoms with Gasteiger partial charge < -0.3 is 10.6 Å². The Morgan fingerprint density at radius 2 is 1.25 bits per heavy atom. The van der Waals surface area contributed by atoms with Crippen LogP contribution in [0, 0.1) is 6.92 Å². The summed E-state index contributed by atoms with van der Waals surface area (Å²) in [6.45, 7) is 4.14. The number of nitrogens with one attached hydrogen (secondary N) is 2. The van der Waals surface area contributed by atoms with Crippen molar-refractivity contribution in [2.45, 2.75) is 26.7 Å². The average Bonchev–Trinajstić information content (AvgIpc) is 2.81. The highest BCUT2D eigenvalue weighted by Crippen LogP contribution is 2.38. The number of ketones is 2. The van der Waals surface area contributed by atoms with Crippen LogP contribution in [0.15, 0.2) is 84.1 Å². The van der Waals surface area contributed by atoms with E-state index >= 15 is 0 Å². The summed E-state index contributed by atoms with van der Waals surface area (Å²) in [5.41, 5.74) is 7.44. The molecule has 5 rings (SSSR count). The van der Waals surface area contributed by atoms with Crippen LogP contribution in [0.4, 0.5) is 17.1 Å². The molecule has 4 heteroatoms. The van der Waals surface area contributed by atoms with Gasteiger partial charge in [-0.25, -0.2) is 0 Å². The standard InChI is InChI=1S/C28H24N2O2/c1-17-7-11-19(12-8-17)29-23-15-16-24(30-20-13-9-18(2)10-14-20)26-25(23)27(31)21-5-3-4-6-22(21)28(26)32/h3-9,11-13,15-16,29-30H,10,14H2,1-2H3. The van der Waals surface area contributed by atoms with E-state index in [9.17, 15) is 9.59 Å². The van der Waals surface area contributed by atoms with Crippen molar-refractivity contribution in [1.29, 1.82) is 0 Å². The van der Waals surface area contributed by atoms with E-state index in [0.717, 1.165) is 29.8 Å². The summed E-state index contributed by atoms with van der Waals surface area (Å²) in [6.07, 6.45) is 5.99. The quantitative estimate of drug-likeness (QED) is 0.393. The van der Waals surface area contributed by atoms with E-state index < -0.39 is 0 Å². The number of hydrogen-bond acceptors (Lipinski definition) is 4. The van der Waals surface area contributed by atoms with Crippen LogP contribution in [0.3, 0.4) is 0 Å². The zero-order valence-electron chi connectivity index (χ0n) is 18.2. The number of fused-ring (bicyclic) bond motifs is 2. The lowest BCUT2D eigenvalue weighted by Crippen LogP contribution is -2.24. The number of benzene rings is 3. The molecular formula is C28H24N2O2. The number of aryl methyl sites for hydroxylation is 1. The largest absolute Gasteiger partial charge is 0.358 e. The first kappa shape index (κ1) is 20.0. The third kappa shape index (κ3) is 3.54. The van der Waals surface area contributed by atoms with Gasteiger partial charge in [0.2, 0.25) is 0 Å². The van der Waals surface area contributed by atoms with Gasteiger partial charge in [0.05, 0.1) is 22.5 Å². The first-order valence-electron chi connectivity index (χ1n) is 10.8. The van der Waals surface area contributed by atoms with Crippen molar-refractivity contribution in [1.82, 2.24) is 0 Å². The van der Waals surface area contributed by atoms with Crippen LogP contribution in [-0.2, 0) is 0 Å². The predicted molar refractivity (Wildman–Crippen MR) is 129 cm³/mol. The Labute approximate surface area is 187 Å². The maximum atomic E-state index is 13.6. The summed E-state index contributed by atoms with van der Waals surface area (Å²) in [4.78, 5) is 27.1. The Morgan fingerprint density at radius 1 is 0.656 bits per heavy atom. The fraction of sp³-hybridized carbons (Fsp3) is 0.143. The summed E-state index contributed by atoms with van der Waals surface area (Å²) in [5, 5.41) is 6.78. The number of carbonyl (C=O) groups excluding carboxylic acids is 2. The Balaban J connectivity index is 1.64. The van der Waals surface area contributed by atoms with Gasteiger partial charge in [-0.1, -0.05) is 53.6 Å². The molecule has 0 aliphatic heterocycles. The first-order valence-corrected chi connectivity index (χ1v) is 10.8. The Morgan fingerprint density at radius 3 is 1.81 bits per heavy atom. The van der Waals surface area contributed by atoms with E-state index in [0.29, 0.717) is 33.6 Å². The highest BCUT2D eigenvalue weighted by atomic mass is 16.1. The van der Waals surface area contributed by atoms with Gasteiger partial charge in [-0.05, 0) is 57.0 Å². The van der Waals surface area contributed by atoms with Crippen LogP contribution in [0.25, 0.3) is 0 Å². The maximum Gasteiger partial charge on any atom is 0.196 e. The molecule has 32 heavy (non-hydrogen) atoms. The third-order valence-electron chi connectivity index (χ3n) is 6.06. The van der Waals surface area contributed by atoms with Crippen molar-refractivity contribution >= 4 is 28.6 Å². The van der Waals surface area contributed by atoms with Crippen LogP contribution in [0.1, 0.15) is 57.2 Å². The highest BCUT2D eigenvalue weighted by molar-refractivity contribution is 6.32. The molecule has 158 valence electrons. The second-order valence-corrected chi connectivity index (χ2v) is 8.44. The van der Waals surface area contributed by atoms with E-state index in [1.165, 1.54) is 5.57 Å². The van der Waals surface area contributed by atoms with Crippen LogP contribution in [0.5, 0.6) is 0 Å². The number of carbonyl (C=O) groups is 2. The lowest BCUT2D eigenvalue weighted by Gasteiger charge is -2.25. The fourth-order valence-corrected chi connectivity index (χ4v) is 4.24. The van der Waals surface area contributed by atoms with Gasteiger partial charge in [0.25, 0.3) is 0 Å². The number of hydrogen-bond donors (Lipinski definition) is 2. The number of allylic oxidation sites excluding steroid dienone is 4. The minimum atomic E-state index is -0.137. The molecular weight excluding hydrogens is 396 g/mol. The van der Waals surface area contributed by atoms with Gasteiger partial charge in [-0.2, -0.15) is 0 Å². The molecule has 0 heterocycles. The summed E-state index contributed by atoms with van der Waals surface area (Å²) < 4.78 is 0. The molecule has 0 amide bonds. The van der Waals surface area contributed by atoms with Crippen LogP contribution in [0.2, 0.25) is 0 Å². The molecule has 0 atom stereocenters. The summed E-state index contributed by atoms with van der Waals surface area (Å²) in [5.74, 6) is -0.268. The monoisotopic (exact) mass is 420 g/mol. The van der Waals surface area contributed by atoms with Gasteiger partial charge in [0.1, 0.15) is 0 Å². The second-order valence-electron chi connectivity index (χ2n) is 8.44. The molecule has 3 aromatic rings. The molecule has 2 N–H and O–H groups in total. The van der Waals surface area contributed by atoms with E-state index in [2.05, 4.69) is 23.6 Å². The molecule has 0 bridgehead atoms. The van der Waals surface area contributed by atoms with Crippen molar-refractivity contribution in [3.63, 3.8) is 0 Å². The summed E-state index contributed by atoms with van der Waals surface area (Å²) in [6, 6.07) is 18.8. The van der Waals surface area contributed by atoms with Crippen LogP contribution < -0.4 is 10.6 Å². The zero-order chi connectivity index (χ0) is 22.2. The van der Waals surface area contributed by atoms with Crippen LogP contribution in [-0.4, -0.2) is 11.6 Å². The minimum absolute atomic E-state index is 0.131. The van der Waals surface area contributed by atoms with Gasteiger partial charge in [-0.15, -0.1) is 0 Å². The summed E-state index contributed by atoms with van der Waals surface area (Å²) in [7, 11) is 0. The third-order valence-corrected chi connectivity index (χ3v) is 6.06. The van der Waals surface area contributed by atoms with Crippen molar-refractivity contribution in [3.05, 3.63) is 112 Å². The Hall–Kier alpha value is -3.92. The molecule has 4 nitrogen and oxygen atoms in total. The van der Waals surface area contributed by atoms with Gasteiger partial charge in [0.15, 0.2) is 11.6 Å². The predicted octanol–water partition coefficient (Wildman–Crippen LogP) is 6.55. The van der Waals surface area contributed by atoms with E-state index in [1.54, 1.807) is 24.3 Å². The molecule has 0 spiro atoms. The molecule has 2 aliphatic rings. The molecule has 0 fully saturated rings. The molecule has 0 saturated heterocycles. The summed E-state index contributed by atoms with van der Waals surface area (Å²) >= 11 is 0.